The summed E-state index contributed by atoms with van der Waals surface area (Å²) in [6, 6.07) is 0. The molecule has 4 rings (SSSR count). The van der Waals surface area contributed by atoms with Gasteiger partial charge in [-0.1, -0.05) is 34.1 Å². The van der Waals surface area contributed by atoms with Gasteiger partial charge in [-0.2, -0.15) is 0 Å². The number of fused-ring (bicyclic) bond motifs is 5. The number of carbonyl (C=O) groups excluding carboxylic acids is 1. The summed E-state index contributed by atoms with van der Waals surface area (Å²) in [7, 11) is 0. The van der Waals surface area contributed by atoms with Crippen molar-refractivity contribution in [3.63, 3.8) is 0 Å². The van der Waals surface area contributed by atoms with Gasteiger partial charge in [0.05, 0.1) is 12.2 Å². The SMILES string of the molecule is CC[C@H]1C(O)C2C3CCC([C@H](C)CCC(=O)NO)[C@@]3(C)CCC2[C@@]2(C)CC[C@@H](O)C[C@@H]12. The van der Waals surface area contributed by atoms with Crippen LogP contribution in [0.1, 0.15) is 91.9 Å². The Morgan fingerprint density at radius 1 is 1.03 bits per heavy atom. The molecule has 0 aromatic rings. The van der Waals surface area contributed by atoms with Crippen molar-refractivity contribution in [2.45, 2.75) is 104 Å². The molecule has 0 aromatic carbocycles. The topological polar surface area (TPSA) is 89.8 Å². The predicted octanol–water partition coefficient (Wildman–Crippen LogP) is 4.53. The van der Waals surface area contributed by atoms with E-state index >= 15 is 0 Å². The molecule has 11 atom stereocenters. The molecule has 5 heteroatoms. The Balaban J connectivity index is 1.58. The Hall–Kier alpha value is -0.650. The lowest BCUT2D eigenvalue weighted by molar-refractivity contribution is -0.203. The molecule has 0 heterocycles. The normalized spacial score (nSPS) is 50.2. The summed E-state index contributed by atoms with van der Waals surface area (Å²) >= 11 is 0. The van der Waals surface area contributed by atoms with Crippen LogP contribution in [0, 0.1) is 52.3 Å². The number of hydrogen-bond donors (Lipinski definition) is 4. The van der Waals surface area contributed by atoms with E-state index in [1.165, 1.54) is 25.7 Å². The van der Waals surface area contributed by atoms with Crippen LogP contribution in [-0.4, -0.2) is 33.5 Å². The van der Waals surface area contributed by atoms with Crippen LogP contribution in [0.25, 0.3) is 0 Å². The zero-order valence-corrected chi connectivity index (χ0v) is 20.0. The summed E-state index contributed by atoms with van der Waals surface area (Å²) in [5, 5.41) is 31.0. The van der Waals surface area contributed by atoms with Gasteiger partial charge in [0, 0.05) is 6.42 Å². The molecule has 0 aliphatic heterocycles. The zero-order valence-electron chi connectivity index (χ0n) is 20.0. The maximum atomic E-state index is 11.7. The maximum absolute atomic E-state index is 11.7. The smallest absolute Gasteiger partial charge is 0.243 e. The fourth-order valence-electron chi connectivity index (χ4n) is 9.55. The van der Waals surface area contributed by atoms with Crippen LogP contribution < -0.4 is 5.48 Å². The number of carbonyl (C=O) groups is 1. The molecule has 0 radical (unpaired) electrons. The minimum Gasteiger partial charge on any atom is -0.393 e. The molecule has 4 aliphatic rings. The number of aliphatic hydroxyl groups excluding tert-OH is 2. The molecule has 31 heavy (non-hydrogen) atoms. The number of hydrogen-bond acceptors (Lipinski definition) is 4. The molecule has 4 aliphatic carbocycles. The molecule has 4 saturated carbocycles. The van der Waals surface area contributed by atoms with Crippen molar-refractivity contribution in [2.75, 3.05) is 0 Å². The quantitative estimate of drug-likeness (QED) is 0.377. The van der Waals surface area contributed by atoms with Gasteiger partial charge in [-0.15, -0.1) is 0 Å². The summed E-state index contributed by atoms with van der Waals surface area (Å²) in [5.74, 6) is 2.97. The maximum Gasteiger partial charge on any atom is 0.243 e. The van der Waals surface area contributed by atoms with E-state index in [1.54, 1.807) is 5.48 Å². The second-order valence-corrected chi connectivity index (χ2v) is 12.2. The highest BCUT2D eigenvalue weighted by Gasteiger charge is 2.64. The Morgan fingerprint density at radius 3 is 2.39 bits per heavy atom. The van der Waals surface area contributed by atoms with Crippen LogP contribution in [0.2, 0.25) is 0 Å². The van der Waals surface area contributed by atoms with Crippen molar-refractivity contribution in [2.24, 2.45) is 52.3 Å². The van der Waals surface area contributed by atoms with Crippen LogP contribution in [0.15, 0.2) is 0 Å². The Bertz CT molecular complexity index is 670. The van der Waals surface area contributed by atoms with Gasteiger partial charge in [0.15, 0.2) is 0 Å². The van der Waals surface area contributed by atoms with E-state index in [4.69, 9.17) is 5.21 Å². The molecule has 4 N–H and O–H groups in total. The lowest BCUT2D eigenvalue weighted by atomic mass is 9.41. The van der Waals surface area contributed by atoms with Crippen LogP contribution >= 0.6 is 0 Å². The fourth-order valence-corrected chi connectivity index (χ4v) is 9.55. The van der Waals surface area contributed by atoms with Crippen molar-refractivity contribution in [3.05, 3.63) is 0 Å². The second kappa shape index (κ2) is 8.61. The minimum absolute atomic E-state index is 0.197. The van der Waals surface area contributed by atoms with Crippen LogP contribution in [0.5, 0.6) is 0 Å². The average molecular weight is 436 g/mol. The summed E-state index contributed by atoms with van der Waals surface area (Å²) in [5.41, 5.74) is 2.25. The van der Waals surface area contributed by atoms with E-state index in [2.05, 4.69) is 27.7 Å². The number of aliphatic hydroxyl groups is 2. The lowest BCUT2D eigenvalue weighted by Gasteiger charge is -2.64. The fraction of sp³-hybridized carbons (Fsp3) is 0.962. The van der Waals surface area contributed by atoms with E-state index in [1.807, 2.05) is 0 Å². The molecule has 0 saturated heterocycles. The average Bonchev–Trinajstić information content (AvgIpc) is 3.10. The van der Waals surface area contributed by atoms with Gasteiger partial charge >= 0.3 is 0 Å². The van der Waals surface area contributed by atoms with Crippen LogP contribution in [0.4, 0.5) is 0 Å². The van der Waals surface area contributed by atoms with Gasteiger partial charge < -0.3 is 10.2 Å². The van der Waals surface area contributed by atoms with Crippen molar-refractivity contribution >= 4 is 5.91 Å². The minimum atomic E-state index is -0.290. The summed E-state index contributed by atoms with van der Waals surface area (Å²) in [4.78, 5) is 11.6. The molecular formula is C26H45NO4. The highest BCUT2D eigenvalue weighted by molar-refractivity contribution is 5.74. The van der Waals surface area contributed by atoms with E-state index in [-0.39, 0.29) is 28.9 Å². The predicted molar refractivity (Wildman–Crippen MR) is 120 cm³/mol. The summed E-state index contributed by atoms with van der Waals surface area (Å²) in [6.45, 7) is 9.46. The van der Waals surface area contributed by atoms with Gasteiger partial charge in [-0.3, -0.25) is 10.0 Å². The first-order chi connectivity index (χ1) is 14.7. The lowest BCUT2D eigenvalue weighted by Crippen LogP contribution is -2.62. The number of rotatable bonds is 5. The highest BCUT2D eigenvalue weighted by atomic mass is 16.5. The molecule has 0 aromatic heterocycles. The largest absolute Gasteiger partial charge is 0.393 e. The van der Waals surface area contributed by atoms with E-state index in [0.29, 0.717) is 47.8 Å². The highest BCUT2D eigenvalue weighted by Crippen LogP contribution is 2.69. The number of nitrogens with one attached hydrogen (secondary N) is 1. The molecule has 1 amide bonds. The van der Waals surface area contributed by atoms with Crippen molar-refractivity contribution < 1.29 is 20.2 Å². The van der Waals surface area contributed by atoms with Crippen molar-refractivity contribution in [1.29, 1.82) is 0 Å². The van der Waals surface area contributed by atoms with Gasteiger partial charge in [0.25, 0.3) is 0 Å². The first-order valence-corrected chi connectivity index (χ1v) is 13.0. The standard InChI is InChI=1S/C26H45NO4/c1-5-17-21-14-16(28)10-12-26(21,4)20-11-13-25(3)18(15(2)6-9-22(29)27-31)7-8-19(25)23(20)24(17)30/h15-21,23-24,28,30-31H,5-14H2,1-4H3,(H,27,29)/t15-,16-,17-,18?,19?,20?,21+,23?,24?,25-,26-/m1/s1. The monoisotopic (exact) mass is 435 g/mol. The Kier molecular flexibility index (Phi) is 6.53. The molecule has 178 valence electrons. The number of hydroxylamine groups is 1. The van der Waals surface area contributed by atoms with E-state index in [0.717, 1.165) is 32.1 Å². The Morgan fingerprint density at radius 2 is 1.71 bits per heavy atom. The van der Waals surface area contributed by atoms with Crippen molar-refractivity contribution in [1.82, 2.24) is 5.48 Å². The molecule has 0 bridgehead atoms. The molecule has 5 nitrogen and oxygen atoms in total. The van der Waals surface area contributed by atoms with Gasteiger partial charge in [0.1, 0.15) is 0 Å². The van der Waals surface area contributed by atoms with E-state index < -0.39 is 0 Å². The third-order valence-corrected chi connectivity index (χ3v) is 11.1. The van der Waals surface area contributed by atoms with Crippen LogP contribution in [-0.2, 0) is 4.79 Å². The third kappa shape index (κ3) is 3.67. The molecule has 5 unspecified atom stereocenters. The van der Waals surface area contributed by atoms with Gasteiger partial charge in [0.2, 0.25) is 5.91 Å². The third-order valence-electron chi connectivity index (χ3n) is 11.1. The second-order valence-electron chi connectivity index (χ2n) is 12.2. The van der Waals surface area contributed by atoms with E-state index in [9.17, 15) is 15.0 Å². The van der Waals surface area contributed by atoms with Gasteiger partial charge in [-0.05, 0) is 104 Å². The van der Waals surface area contributed by atoms with Crippen LogP contribution in [0.3, 0.4) is 0 Å². The van der Waals surface area contributed by atoms with Crippen molar-refractivity contribution in [3.8, 4) is 0 Å². The summed E-state index contributed by atoms with van der Waals surface area (Å²) in [6.07, 6.45) is 9.40. The Labute approximate surface area is 188 Å². The molecule has 0 spiro atoms. The zero-order chi connectivity index (χ0) is 22.6. The number of amides is 1. The summed E-state index contributed by atoms with van der Waals surface area (Å²) < 4.78 is 0. The molecule has 4 fully saturated rings. The first kappa shape index (κ1) is 23.5. The molecular weight excluding hydrogens is 390 g/mol. The van der Waals surface area contributed by atoms with Gasteiger partial charge in [-0.25, -0.2) is 5.48 Å². The first-order valence-electron chi connectivity index (χ1n) is 13.0.